The maximum absolute atomic E-state index is 11.4. The van der Waals surface area contributed by atoms with Crippen molar-refractivity contribution in [2.45, 2.75) is 4.43 Å². The molecule has 96 valence electrons. The maximum atomic E-state index is 11.4. The number of hydrogen-bond donors (Lipinski definition) is 1. The first-order valence-electron chi connectivity index (χ1n) is 5.43. The van der Waals surface area contributed by atoms with Crippen LogP contribution in [-0.4, -0.2) is 32.2 Å². The number of ether oxygens (including phenoxy) is 1. The Labute approximate surface area is 123 Å². The number of amides is 1. The third-order valence-electron chi connectivity index (χ3n) is 2.76. The Kier molecular flexibility index (Phi) is 4.42. The fraction of sp³-hybridized carbons (Fsp3) is 0.455. The van der Waals surface area contributed by atoms with Crippen molar-refractivity contribution in [1.29, 1.82) is 5.26 Å². The van der Waals surface area contributed by atoms with Crippen LogP contribution in [0.1, 0.15) is 20.8 Å². The molecule has 2 N–H and O–H groups in total. The molecule has 0 aliphatic carbocycles. The highest BCUT2D eigenvalue weighted by atomic mass is 127. The lowest BCUT2D eigenvalue weighted by Gasteiger charge is -2.27. The molecule has 2 rings (SSSR count). The highest BCUT2D eigenvalue weighted by molar-refractivity contribution is 14.1. The minimum absolute atomic E-state index is 0.456. The Morgan fingerprint density at radius 3 is 2.72 bits per heavy atom. The number of nitrogens with two attached hydrogens (primary N) is 1. The quantitative estimate of drug-likeness (QED) is 0.640. The zero-order valence-corrected chi connectivity index (χ0v) is 12.6. The van der Waals surface area contributed by atoms with Crippen LogP contribution in [-0.2, 0) is 9.16 Å². The van der Waals surface area contributed by atoms with Crippen LogP contribution in [0, 0.1) is 11.3 Å². The van der Waals surface area contributed by atoms with Gasteiger partial charge in [-0.15, -0.1) is 11.3 Å². The van der Waals surface area contributed by atoms with Crippen LogP contribution >= 0.6 is 33.9 Å². The highest BCUT2D eigenvalue weighted by Crippen LogP contribution is 2.37. The molecule has 0 aromatic carbocycles. The van der Waals surface area contributed by atoms with Crippen molar-refractivity contribution < 1.29 is 9.53 Å². The van der Waals surface area contributed by atoms with Crippen molar-refractivity contribution in [1.82, 2.24) is 0 Å². The van der Waals surface area contributed by atoms with Crippen molar-refractivity contribution in [3.05, 3.63) is 16.0 Å². The van der Waals surface area contributed by atoms with E-state index < -0.39 is 5.91 Å². The number of primary amides is 1. The van der Waals surface area contributed by atoms with Crippen LogP contribution in [0.25, 0.3) is 0 Å². The highest BCUT2D eigenvalue weighted by Gasteiger charge is 2.25. The van der Waals surface area contributed by atoms with Crippen molar-refractivity contribution in [2.24, 2.45) is 5.73 Å². The van der Waals surface area contributed by atoms with Crippen LogP contribution in [0.2, 0.25) is 0 Å². The second-order valence-corrected chi connectivity index (χ2v) is 5.56. The molecule has 0 bridgehead atoms. The van der Waals surface area contributed by atoms with Crippen LogP contribution in [0.4, 0.5) is 5.00 Å². The predicted octanol–water partition coefficient (Wildman–Crippen LogP) is 1.49. The molecule has 1 amide bonds. The van der Waals surface area contributed by atoms with E-state index in [1.807, 2.05) is 0 Å². The average molecular weight is 377 g/mol. The number of nitriles is 1. The van der Waals surface area contributed by atoms with E-state index in [0.29, 0.717) is 28.1 Å². The van der Waals surface area contributed by atoms with E-state index in [4.69, 9.17) is 10.5 Å². The van der Waals surface area contributed by atoms with E-state index >= 15 is 0 Å². The molecule has 0 atom stereocenters. The fourth-order valence-electron chi connectivity index (χ4n) is 1.88. The minimum Gasteiger partial charge on any atom is -0.378 e. The Bertz CT molecular complexity index is 503. The number of anilines is 1. The van der Waals surface area contributed by atoms with E-state index in [-0.39, 0.29) is 0 Å². The Hall–Kier alpha value is -0.850. The molecule has 0 saturated carbocycles. The van der Waals surface area contributed by atoms with E-state index in [1.54, 1.807) is 0 Å². The molecule has 0 radical (unpaired) electrons. The van der Waals surface area contributed by atoms with Gasteiger partial charge in [-0.1, -0.05) is 22.6 Å². The van der Waals surface area contributed by atoms with Crippen LogP contribution in [0.5, 0.6) is 0 Å². The van der Waals surface area contributed by atoms with E-state index in [2.05, 4.69) is 33.6 Å². The number of carbonyl (C=O) groups excluding carboxylic acids is 1. The molecule has 1 aromatic rings. The molecule has 1 aliphatic rings. The van der Waals surface area contributed by atoms with Crippen LogP contribution in [0.3, 0.4) is 0 Å². The lowest BCUT2D eigenvalue weighted by atomic mass is 10.1. The molecular weight excluding hydrogens is 365 g/mol. The molecule has 7 heteroatoms. The lowest BCUT2D eigenvalue weighted by Crippen LogP contribution is -2.36. The summed E-state index contributed by atoms with van der Waals surface area (Å²) in [5.41, 5.74) is 6.72. The SMILES string of the molecule is N#Cc1c(N2CCOCC2)sc(C(N)=O)c1CI. The molecule has 18 heavy (non-hydrogen) atoms. The summed E-state index contributed by atoms with van der Waals surface area (Å²) in [6, 6.07) is 2.20. The summed E-state index contributed by atoms with van der Waals surface area (Å²) in [4.78, 5) is 14.0. The molecule has 5 nitrogen and oxygen atoms in total. The summed E-state index contributed by atoms with van der Waals surface area (Å²) in [5, 5.41) is 10.1. The molecule has 0 spiro atoms. The Morgan fingerprint density at radius 2 is 2.22 bits per heavy atom. The maximum Gasteiger partial charge on any atom is 0.259 e. The Morgan fingerprint density at radius 1 is 1.56 bits per heavy atom. The molecular formula is C11H12IN3O2S. The van der Waals surface area contributed by atoms with Crippen molar-refractivity contribution >= 4 is 44.8 Å². The molecule has 1 aliphatic heterocycles. The number of thiophene rings is 1. The summed E-state index contributed by atoms with van der Waals surface area (Å²) in [6.45, 7) is 2.78. The monoisotopic (exact) mass is 377 g/mol. The van der Waals surface area contributed by atoms with Crippen molar-refractivity contribution in [3.63, 3.8) is 0 Å². The summed E-state index contributed by atoms with van der Waals surface area (Å²) >= 11 is 3.47. The number of hydrogen-bond acceptors (Lipinski definition) is 5. The van der Waals surface area contributed by atoms with E-state index in [9.17, 15) is 10.1 Å². The second kappa shape index (κ2) is 5.86. The van der Waals surface area contributed by atoms with Gasteiger partial charge in [0.25, 0.3) is 5.91 Å². The molecule has 1 saturated heterocycles. The molecule has 2 heterocycles. The lowest BCUT2D eigenvalue weighted by molar-refractivity contribution is 0.100. The zero-order valence-electron chi connectivity index (χ0n) is 9.61. The van der Waals surface area contributed by atoms with Gasteiger partial charge < -0.3 is 15.4 Å². The largest absolute Gasteiger partial charge is 0.378 e. The first kappa shape index (κ1) is 13.6. The van der Waals surface area contributed by atoms with Gasteiger partial charge in [0.1, 0.15) is 11.1 Å². The summed E-state index contributed by atoms with van der Waals surface area (Å²) in [5.74, 6) is -0.456. The third kappa shape index (κ3) is 2.46. The second-order valence-electron chi connectivity index (χ2n) is 3.80. The van der Waals surface area contributed by atoms with Gasteiger partial charge in [0.15, 0.2) is 0 Å². The van der Waals surface area contributed by atoms with E-state index in [1.165, 1.54) is 11.3 Å². The standard InChI is InChI=1S/C11H12IN3O2S/c12-5-7-8(6-13)11(18-9(7)10(14)16)15-1-3-17-4-2-15/h1-5H2,(H2,14,16). The first-order chi connectivity index (χ1) is 8.69. The van der Waals surface area contributed by atoms with Gasteiger partial charge in [-0.3, -0.25) is 4.79 Å². The third-order valence-corrected chi connectivity index (χ3v) is 4.83. The number of alkyl halides is 1. The van der Waals surface area contributed by atoms with Gasteiger partial charge in [-0.25, -0.2) is 0 Å². The predicted molar refractivity (Wildman–Crippen MR) is 78.3 cm³/mol. The van der Waals surface area contributed by atoms with Crippen molar-refractivity contribution in [3.8, 4) is 6.07 Å². The Balaban J connectivity index is 2.46. The van der Waals surface area contributed by atoms with Gasteiger partial charge in [0.2, 0.25) is 0 Å². The normalized spacial score (nSPS) is 15.4. The van der Waals surface area contributed by atoms with Gasteiger partial charge in [-0.05, 0) is 0 Å². The summed E-state index contributed by atoms with van der Waals surface area (Å²) in [7, 11) is 0. The van der Waals surface area contributed by atoms with Crippen LogP contribution in [0.15, 0.2) is 0 Å². The minimum atomic E-state index is -0.456. The van der Waals surface area contributed by atoms with Gasteiger partial charge in [0, 0.05) is 23.1 Å². The topological polar surface area (TPSA) is 79.3 Å². The molecule has 0 unspecified atom stereocenters. The zero-order chi connectivity index (χ0) is 13.1. The van der Waals surface area contributed by atoms with E-state index in [0.717, 1.165) is 23.7 Å². The van der Waals surface area contributed by atoms with Gasteiger partial charge >= 0.3 is 0 Å². The summed E-state index contributed by atoms with van der Waals surface area (Å²) in [6.07, 6.45) is 0. The number of morpholine rings is 1. The number of halogens is 1. The van der Waals surface area contributed by atoms with Gasteiger partial charge in [-0.2, -0.15) is 5.26 Å². The summed E-state index contributed by atoms with van der Waals surface area (Å²) < 4.78 is 5.90. The van der Waals surface area contributed by atoms with Crippen molar-refractivity contribution in [2.75, 3.05) is 31.2 Å². The smallest absolute Gasteiger partial charge is 0.259 e. The molecule has 1 fully saturated rings. The van der Waals surface area contributed by atoms with Gasteiger partial charge in [0.05, 0.1) is 23.7 Å². The van der Waals surface area contributed by atoms with Crippen LogP contribution < -0.4 is 10.6 Å². The number of nitrogens with zero attached hydrogens (tertiary/aromatic N) is 2. The number of carbonyl (C=O) groups is 1. The number of rotatable bonds is 3. The fourth-order valence-corrected chi connectivity index (χ4v) is 4.08. The average Bonchev–Trinajstić information content (AvgIpc) is 2.78. The first-order valence-corrected chi connectivity index (χ1v) is 7.77. The molecule has 1 aromatic heterocycles.